The van der Waals surface area contributed by atoms with Gasteiger partial charge in [-0.1, -0.05) is 41.4 Å². The Hall–Kier alpha value is -1.13. The van der Waals surface area contributed by atoms with Crippen molar-refractivity contribution < 1.29 is 4.39 Å². The number of halogens is 3. The van der Waals surface area contributed by atoms with Crippen molar-refractivity contribution in [2.75, 3.05) is 0 Å². The van der Waals surface area contributed by atoms with Crippen LogP contribution >= 0.6 is 23.2 Å². The second-order valence-corrected chi connectivity index (χ2v) is 5.45. The van der Waals surface area contributed by atoms with E-state index >= 15 is 0 Å². The molecule has 0 amide bonds. The second kappa shape index (κ2) is 6.55. The van der Waals surface area contributed by atoms with Gasteiger partial charge in [0.15, 0.2) is 0 Å². The third-order valence-electron chi connectivity index (χ3n) is 3.27. The van der Waals surface area contributed by atoms with Crippen LogP contribution in [0, 0.1) is 12.7 Å². The first-order chi connectivity index (χ1) is 9.52. The van der Waals surface area contributed by atoms with Crippen LogP contribution in [0.25, 0.3) is 0 Å². The number of hydrogen-bond donors (Lipinski definition) is 2. The van der Waals surface area contributed by atoms with Crippen molar-refractivity contribution in [1.29, 1.82) is 0 Å². The molecule has 3 N–H and O–H groups in total. The number of hydrogen-bond acceptors (Lipinski definition) is 2. The number of rotatable bonds is 4. The van der Waals surface area contributed by atoms with Crippen LogP contribution in [0.1, 0.15) is 22.7 Å². The first kappa shape index (κ1) is 15.3. The Morgan fingerprint density at radius 1 is 1.20 bits per heavy atom. The molecule has 0 bridgehead atoms. The predicted molar refractivity (Wildman–Crippen MR) is 81.4 cm³/mol. The van der Waals surface area contributed by atoms with E-state index in [-0.39, 0.29) is 11.9 Å². The minimum Gasteiger partial charge on any atom is -0.271 e. The average Bonchev–Trinajstić information content (AvgIpc) is 2.42. The molecule has 0 fully saturated rings. The zero-order chi connectivity index (χ0) is 14.7. The third-order valence-corrected chi connectivity index (χ3v) is 4.03. The molecular weight excluding hydrogens is 298 g/mol. The third kappa shape index (κ3) is 3.30. The number of nitrogens with one attached hydrogen (secondary N) is 1. The molecule has 0 radical (unpaired) electrons. The molecule has 1 unspecified atom stereocenters. The lowest BCUT2D eigenvalue weighted by Crippen LogP contribution is -2.30. The molecule has 2 nitrogen and oxygen atoms in total. The van der Waals surface area contributed by atoms with Crippen LogP contribution in [-0.2, 0) is 6.42 Å². The van der Waals surface area contributed by atoms with Gasteiger partial charge in [-0.15, -0.1) is 0 Å². The van der Waals surface area contributed by atoms with Crippen molar-refractivity contribution in [2.45, 2.75) is 19.4 Å². The molecule has 0 aliphatic heterocycles. The van der Waals surface area contributed by atoms with E-state index in [4.69, 9.17) is 29.0 Å². The summed E-state index contributed by atoms with van der Waals surface area (Å²) in [7, 11) is 0. The molecule has 0 aliphatic rings. The summed E-state index contributed by atoms with van der Waals surface area (Å²) < 4.78 is 13.8. The average molecular weight is 313 g/mol. The highest BCUT2D eigenvalue weighted by atomic mass is 35.5. The summed E-state index contributed by atoms with van der Waals surface area (Å²) in [6, 6.07) is 10.0. The van der Waals surface area contributed by atoms with Gasteiger partial charge < -0.3 is 0 Å². The monoisotopic (exact) mass is 312 g/mol. The summed E-state index contributed by atoms with van der Waals surface area (Å²) in [6.45, 7) is 1.92. The first-order valence-electron chi connectivity index (χ1n) is 6.18. The zero-order valence-electron chi connectivity index (χ0n) is 11.0. The Balaban J connectivity index is 2.31. The summed E-state index contributed by atoms with van der Waals surface area (Å²) >= 11 is 12.2. The van der Waals surface area contributed by atoms with E-state index in [9.17, 15) is 4.39 Å². The minimum atomic E-state index is -0.337. The lowest BCUT2D eigenvalue weighted by molar-refractivity contribution is 0.529. The second-order valence-electron chi connectivity index (χ2n) is 4.63. The predicted octanol–water partition coefficient (Wildman–Crippen LogP) is 4.19. The standard InChI is InChI=1S/C15H15Cl2FN2/c1-9-5-6-10(7-13(9)17)15(20-19)8-11-12(16)3-2-4-14(11)18/h2-7,15,20H,8,19H2,1H3. The highest BCUT2D eigenvalue weighted by molar-refractivity contribution is 6.31. The van der Waals surface area contributed by atoms with Crippen molar-refractivity contribution in [3.63, 3.8) is 0 Å². The van der Waals surface area contributed by atoms with E-state index in [1.807, 2.05) is 25.1 Å². The molecule has 5 heteroatoms. The highest BCUT2D eigenvalue weighted by Gasteiger charge is 2.16. The zero-order valence-corrected chi connectivity index (χ0v) is 12.5. The smallest absolute Gasteiger partial charge is 0.127 e. The highest BCUT2D eigenvalue weighted by Crippen LogP contribution is 2.27. The molecule has 0 aromatic heterocycles. The molecular formula is C15H15Cl2FN2. The van der Waals surface area contributed by atoms with Crippen molar-refractivity contribution in [3.05, 3.63) is 69.0 Å². The van der Waals surface area contributed by atoms with Gasteiger partial charge in [0.25, 0.3) is 0 Å². The van der Waals surface area contributed by atoms with Crippen LogP contribution in [0.5, 0.6) is 0 Å². The maximum absolute atomic E-state index is 13.8. The molecule has 2 aromatic carbocycles. The minimum absolute atomic E-state index is 0.262. The summed E-state index contributed by atoms with van der Waals surface area (Å²) in [4.78, 5) is 0. The first-order valence-corrected chi connectivity index (χ1v) is 6.93. The normalized spacial score (nSPS) is 12.4. The van der Waals surface area contributed by atoms with Gasteiger partial charge in [0, 0.05) is 15.6 Å². The summed E-state index contributed by atoms with van der Waals surface area (Å²) in [5.41, 5.74) is 5.00. The molecule has 0 saturated heterocycles. The van der Waals surface area contributed by atoms with E-state index in [1.54, 1.807) is 12.1 Å². The van der Waals surface area contributed by atoms with Crippen molar-refractivity contribution in [3.8, 4) is 0 Å². The Morgan fingerprint density at radius 3 is 2.55 bits per heavy atom. The topological polar surface area (TPSA) is 38.0 Å². The molecule has 1 atom stereocenters. The van der Waals surface area contributed by atoms with Crippen molar-refractivity contribution in [2.24, 2.45) is 5.84 Å². The molecule has 0 saturated carbocycles. The number of benzene rings is 2. The van der Waals surface area contributed by atoms with Gasteiger partial charge in [-0.3, -0.25) is 11.3 Å². The molecule has 0 heterocycles. The van der Waals surface area contributed by atoms with Crippen LogP contribution in [0.4, 0.5) is 4.39 Å². The fourth-order valence-electron chi connectivity index (χ4n) is 2.03. The maximum atomic E-state index is 13.8. The lowest BCUT2D eigenvalue weighted by atomic mass is 9.98. The van der Waals surface area contributed by atoms with Gasteiger partial charge in [0.1, 0.15) is 5.82 Å². The van der Waals surface area contributed by atoms with Gasteiger partial charge in [-0.05, 0) is 42.7 Å². The number of nitrogens with two attached hydrogens (primary N) is 1. The van der Waals surface area contributed by atoms with Crippen LogP contribution < -0.4 is 11.3 Å². The van der Waals surface area contributed by atoms with Gasteiger partial charge in [0.05, 0.1) is 6.04 Å². The summed E-state index contributed by atoms with van der Waals surface area (Å²) in [5.74, 6) is 5.25. The summed E-state index contributed by atoms with van der Waals surface area (Å²) in [6.07, 6.45) is 0.349. The molecule has 2 aromatic rings. The summed E-state index contributed by atoms with van der Waals surface area (Å²) in [5, 5.41) is 1.05. The molecule has 106 valence electrons. The van der Waals surface area contributed by atoms with E-state index in [0.29, 0.717) is 22.0 Å². The van der Waals surface area contributed by atoms with Crippen LogP contribution in [-0.4, -0.2) is 0 Å². The Kier molecular flexibility index (Phi) is 5.00. The van der Waals surface area contributed by atoms with Crippen LogP contribution in [0.3, 0.4) is 0 Å². The Morgan fingerprint density at radius 2 is 1.95 bits per heavy atom. The van der Waals surface area contributed by atoms with Gasteiger partial charge in [-0.25, -0.2) is 4.39 Å². The van der Waals surface area contributed by atoms with Gasteiger partial charge >= 0.3 is 0 Å². The quantitative estimate of drug-likeness (QED) is 0.656. The number of aryl methyl sites for hydroxylation is 1. The van der Waals surface area contributed by atoms with Crippen molar-refractivity contribution in [1.82, 2.24) is 5.43 Å². The van der Waals surface area contributed by atoms with Crippen molar-refractivity contribution >= 4 is 23.2 Å². The molecule has 0 spiro atoms. The Labute approximate surface area is 127 Å². The SMILES string of the molecule is Cc1ccc(C(Cc2c(F)cccc2Cl)NN)cc1Cl. The molecule has 0 aliphatic carbocycles. The fourth-order valence-corrected chi connectivity index (χ4v) is 2.46. The van der Waals surface area contributed by atoms with E-state index in [0.717, 1.165) is 11.1 Å². The van der Waals surface area contributed by atoms with Gasteiger partial charge in [-0.2, -0.15) is 0 Å². The molecule has 20 heavy (non-hydrogen) atoms. The van der Waals surface area contributed by atoms with E-state index in [2.05, 4.69) is 5.43 Å². The van der Waals surface area contributed by atoms with Gasteiger partial charge in [0.2, 0.25) is 0 Å². The van der Waals surface area contributed by atoms with Crippen LogP contribution in [0.2, 0.25) is 10.0 Å². The van der Waals surface area contributed by atoms with E-state index < -0.39 is 0 Å². The van der Waals surface area contributed by atoms with E-state index in [1.165, 1.54) is 6.07 Å². The Bertz CT molecular complexity index is 597. The van der Waals surface area contributed by atoms with Crippen LogP contribution in [0.15, 0.2) is 36.4 Å². The lowest BCUT2D eigenvalue weighted by Gasteiger charge is -2.18. The number of hydrazine groups is 1. The maximum Gasteiger partial charge on any atom is 0.127 e. The largest absolute Gasteiger partial charge is 0.271 e. The fraction of sp³-hybridized carbons (Fsp3) is 0.200. The molecule has 2 rings (SSSR count).